The second-order valence-electron chi connectivity index (χ2n) is 7.17. The number of aliphatic hydroxyl groups is 1. The molecule has 0 rings (SSSR count). The van der Waals surface area contributed by atoms with Gasteiger partial charge in [0.1, 0.15) is 11.3 Å². The van der Waals surface area contributed by atoms with Gasteiger partial charge in [0.05, 0.1) is 12.7 Å². The highest BCUT2D eigenvalue weighted by Crippen LogP contribution is 2.13. The fourth-order valence-corrected chi connectivity index (χ4v) is 1.92. The van der Waals surface area contributed by atoms with Gasteiger partial charge in [0, 0.05) is 11.8 Å². The topological polar surface area (TPSA) is 97.2 Å². The van der Waals surface area contributed by atoms with Crippen molar-refractivity contribution < 1.29 is 24.2 Å². The van der Waals surface area contributed by atoms with E-state index in [0.717, 1.165) is 0 Å². The Morgan fingerprint density at radius 3 is 2.28 bits per heavy atom. The number of aliphatic hydroxyl groups excluding tert-OH is 1. The van der Waals surface area contributed by atoms with Crippen molar-refractivity contribution >= 4 is 17.8 Å². The number of rotatable bonds is 8. The molecule has 0 bridgehead atoms. The Bertz CT molecular complexity index is 506. The van der Waals surface area contributed by atoms with E-state index >= 15 is 0 Å². The second-order valence-corrected chi connectivity index (χ2v) is 7.17. The Kier molecular flexibility index (Phi) is 9.41. The van der Waals surface area contributed by atoms with Crippen molar-refractivity contribution in [2.24, 2.45) is 10.9 Å². The van der Waals surface area contributed by atoms with Gasteiger partial charge in [-0.1, -0.05) is 20.4 Å². The lowest BCUT2D eigenvalue weighted by molar-refractivity contribution is -0.138. The minimum absolute atomic E-state index is 0.0698. The van der Waals surface area contributed by atoms with Gasteiger partial charge in [0.15, 0.2) is 0 Å². The van der Waals surface area contributed by atoms with E-state index in [-0.39, 0.29) is 30.7 Å². The van der Waals surface area contributed by atoms with Gasteiger partial charge < -0.3 is 19.9 Å². The molecule has 0 spiro atoms. The molecule has 0 aromatic heterocycles. The normalized spacial score (nSPS) is 14.7. The van der Waals surface area contributed by atoms with E-state index in [1.54, 1.807) is 34.6 Å². The predicted octanol–water partition coefficient (Wildman–Crippen LogP) is 2.82. The average molecular weight is 356 g/mol. The Balaban J connectivity index is 4.88. The van der Waals surface area contributed by atoms with Crippen LogP contribution in [0.2, 0.25) is 0 Å². The highest BCUT2D eigenvalue weighted by atomic mass is 16.6. The maximum absolute atomic E-state index is 11.9. The van der Waals surface area contributed by atoms with Crippen molar-refractivity contribution in [2.45, 2.75) is 72.6 Å². The van der Waals surface area contributed by atoms with Gasteiger partial charge in [0.25, 0.3) is 0 Å². The number of nitrogens with one attached hydrogen (secondary N) is 1. The largest absolute Gasteiger partial charge is 0.461 e. The molecule has 0 aromatic rings. The number of alkyl carbamates (subject to hydrolysis) is 1. The molecule has 2 N–H and O–H groups in total. The van der Waals surface area contributed by atoms with Crippen molar-refractivity contribution in [1.29, 1.82) is 0 Å². The zero-order valence-electron chi connectivity index (χ0n) is 16.4. The van der Waals surface area contributed by atoms with Crippen LogP contribution in [0.5, 0.6) is 0 Å². The summed E-state index contributed by atoms with van der Waals surface area (Å²) >= 11 is 0. The van der Waals surface area contributed by atoms with E-state index < -0.39 is 23.8 Å². The SMILES string of the molecule is C=C(/N=C(\C)C(O)CC(NC(=O)OC(C)(C)C)C(C)C)C(=O)OCC. The molecule has 7 heteroatoms. The molecular weight excluding hydrogens is 324 g/mol. The second kappa shape index (κ2) is 10.2. The Labute approximate surface area is 150 Å². The molecule has 2 atom stereocenters. The summed E-state index contributed by atoms with van der Waals surface area (Å²) in [4.78, 5) is 27.5. The van der Waals surface area contributed by atoms with Crippen LogP contribution in [0.25, 0.3) is 0 Å². The third-order valence-electron chi connectivity index (χ3n) is 3.29. The molecule has 0 aliphatic carbocycles. The first-order chi connectivity index (χ1) is 11.4. The number of esters is 1. The van der Waals surface area contributed by atoms with Gasteiger partial charge in [-0.15, -0.1) is 0 Å². The molecule has 1 amide bonds. The first-order valence-corrected chi connectivity index (χ1v) is 8.46. The van der Waals surface area contributed by atoms with Crippen LogP contribution < -0.4 is 5.32 Å². The highest BCUT2D eigenvalue weighted by molar-refractivity contribution is 5.94. The minimum atomic E-state index is -0.937. The van der Waals surface area contributed by atoms with Crippen LogP contribution in [-0.4, -0.2) is 47.2 Å². The van der Waals surface area contributed by atoms with E-state index in [1.165, 1.54) is 0 Å². The number of amides is 1. The summed E-state index contributed by atoms with van der Waals surface area (Å²) in [5.41, 5.74) is -0.340. The van der Waals surface area contributed by atoms with Crippen LogP contribution in [0.4, 0.5) is 4.79 Å². The van der Waals surface area contributed by atoms with Crippen LogP contribution in [0.1, 0.15) is 54.9 Å². The van der Waals surface area contributed by atoms with Crippen LogP contribution in [0, 0.1) is 5.92 Å². The van der Waals surface area contributed by atoms with E-state index in [1.807, 2.05) is 13.8 Å². The van der Waals surface area contributed by atoms with E-state index in [4.69, 9.17) is 9.47 Å². The lowest BCUT2D eigenvalue weighted by atomic mass is 9.96. The Hall–Kier alpha value is -1.89. The van der Waals surface area contributed by atoms with Crippen molar-refractivity contribution in [1.82, 2.24) is 5.32 Å². The number of hydrogen-bond acceptors (Lipinski definition) is 6. The highest BCUT2D eigenvalue weighted by Gasteiger charge is 2.24. The number of nitrogens with zero attached hydrogens (tertiary/aromatic N) is 1. The number of carbonyl (C=O) groups is 2. The number of aliphatic imine (C=N–C) groups is 1. The van der Waals surface area contributed by atoms with E-state index in [9.17, 15) is 14.7 Å². The van der Waals surface area contributed by atoms with Gasteiger partial charge in [-0.3, -0.25) is 0 Å². The predicted molar refractivity (Wildman–Crippen MR) is 97.5 cm³/mol. The van der Waals surface area contributed by atoms with Gasteiger partial charge in [-0.05, 0) is 47.0 Å². The zero-order valence-corrected chi connectivity index (χ0v) is 16.4. The zero-order chi connectivity index (χ0) is 19.8. The van der Waals surface area contributed by atoms with Crippen molar-refractivity contribution in [2.75, 3.05) is 6.61 Å². The number of carbonyl (C=O) groups excluding carboxylic acids is 2. The summed E-state index contributed by atoms with van der Waals surface area (Å²) in [5.74, 6) is -0.551. The summed E-state index contributed by atoms with van der Waals surface area (Å²) in [7, 11) is 0. The molecule has 0 heterocycles. The van der Waals surface area contributed by atoms with Gasteiger partial charge >= 0.3 is 12.1 Å². The van der Waals surface area contributed by atoms with E-state index in [2.05, 4.69) is 16.9 Å². The molecule has 7 nitrogen and oxygen atoms in total. The first-order valence-electron chi connectivity index (χ1n) is 8.46. The molecule has 0 saturated carbocycles. The fourth-order valence-electron chi connectivity index (χ4n) is 1.92. The summed E-state index contributed by atoms with van der Waals surface area (Å²) in [6.07, 6.45) is -1.24. The molecule has 0 aromatic carbocycles. The molecule has 144 valence electrons. The summed E-state index contributed by atoms with van der Waals surface area (Å²) < 4.78 is 10.0. The first kappa shape index (κ1) is 23.1. The smallest absolute Gasteiger partial charge is 0.407 e. The Morgan fingerprint density at radius 1 is 1.28 bits per heavy atom. The molecule has 0 aliphatic heterocycles. The minimum Gasteiger partial charge on any atom is -0.461 e. The maximum atomic E-state index is 11.9. The number of hydrogen-bond donors (Lipinski definition) is 2. The fraction of sp³-hybridized carbons (Fsp3) is 0.722. The van der Waals surface area contributed by atoms with Crippen molar-refractivity contribution in [3.8, 4) is 0 Å². The van der Waals surface area contributed by atoms with Crippen LogP contribution >= 0.6 is 0 Å². The molecule has 25 heavy (non-hydrogen) atoms. The molecule has 0 saturated heterocycles. The van der Waals surface area contributed by atoms with Crippen LogP contribution in [0.15, 0.2) is 17.3 Å². The lowest BCUT2D eigenvalue weighted by Gasteiger charge is -2.27. The third-order valence-corrected chi connectivity index (χ3v) is 3.29. The van der Waals surface area contributed by atoms with Crippen molar-refractivity contribution in [3.05, 3.63) is 12.3 Å². The molecule has 2 unspecified atom stereocenters. The molecule has 0 radical (unpaired) electrons. The molecular formula is C18H32N2O5. The van der Waals surface area contributed by atoms with Gasteiger partial charge in [-0.25, -0.2) is 14.6 Å². The van der Waals surface area contributed by atoms with Crippen LogP contribution in [-0.2, 0) is 14.3 Å². The number of ether oxygens (including phenoxy) is 2. The Morgan fingerprint density at radius 2 is 1.84 bits per heavy atom. The standard InChI is InChI=1S/C18H32N2O5/c1-9-24-16(22)13(5)19-12(4)15(21)10-14(11(2)3)20-17(23)25-18(6,7)8/h11,14-15,21H,5,9-10H2,1-4,6-8H3,(H,20,23)/b19-12+. The maximum Gasteiger partial charge on any atom is 0.407 e. The monoisotopic (exact) mass is 356 g/mol. The quantitative estimate of drug-likeness (QED) is 0.396. The summed E-state index contributed by atoms with van der Waals surface area (Å²) in [6, 6.07) is -0.314. The van der Waals surface area contributed by atoms with Crippen molar-refractivity contribution in [3.63, 3.8) is 0 Å². The summed E-state index contributed by atoms with van der Waals surface area (Å²) in [5, 5.41) is 13.1. The summed E-state index contributed by atoms with van der Waals surface area (Å²) in [6.45, 7) is 16.2. The molecule has 0 fully saturated rings. The molecule has 0 aliphatic rings. The van der Waals surface area contributed by atoms with Crippen LogP contribution in [0.3, 0.4) is 0 Å². The van der Waals surface area contributed by atoms with E-state index in [0.29, 0.717) is 5.71 Å². The lowest BCUT2D eigenvalue weighted by Crippen LogP contribution is -2.44. The third kappa shape index (κ3) is 9.86. The average Bonchev–Trinajstić information content (AvgIpc) is 2.44. The van der Waals surface area contributed by atoms with Gasteiger partial charge in [0.2, 0.25) is 0 Å². The van der Waals surface area contributed by atoms with Gasteiger partial charge in [-0.2, -0.15) is 0 Å².